The van der Waals surface area contributed by atoms with E-state index in [0.717, 1.165) is 0 Å². The number of hydrogen-bond donors (Lipinski definition) is 0. The largest absolute Gasteiger partial charge is 0.456 e. The summed E-state index contributed by atoms with van der Waals surface area (Å²) in [6.45, 7) is 3.83. The summed E-state index contributed by atoms with van der Waals surface area (Å²) in [5.74, 6) is -1.71. The van der Waals surface area contributed by atoms with E-state index in [2.05, 4.69) is 0 Å². The average molecular weight is 288 g/mol. The molecule has 2 saturated heterocycles. The van der Waals surface area contributed by atoms with Gasteiger partial charge in [-0.25, -0.2) is 0 Å². The van der Waals surface area contributed by atoms with E-state index < -0.39 is 48.6 Å². The highest BCUT2D eigenvalue weighted by Crippen LogP contribution is 2.33. The highest BCUT2D eigenvalue weighted by Gasteiger charge is 2.55. The summed E-state index contributed by atoms with van der Waals surface area (Å²) >= 11 is 0. The van der Waals surface area contributed by atoms with Crippen molar-refractivity contribution < 1.29 is 38.1 Å². The van der Waals surface area contributed by atoms with E-state index in [-0.39, 0.29) is 6.61 Å². The third-order valence-electron chi connectivity index (χ3n) is 2.92. The smallest absolute Gasteiger partial charge is 0.303 e. The van der Waals surface area contributed by atoms with Crippen LogP contribution in [-0.4, -0.2) is 55.2 Å². The molecule has 20 heavy (non-hydrogen) atoms. The Morgan fingerprint density at radius 1 is 0.850 bits per heavy atom. The van der Waals surface area contributed by atoms with Gasteiger partial charge in [-0.2, -0.15) is 0 Å². The molecule has 0 saturated carbocycles. The van der Waals surface area contributed by atoms with E-state index in [1.807, 2.05) is 0 Å². The van der Waals surface area contributed by atoms with Gasteiger partial charge in [0.05, 0.1) is 6.61 Å². The van der Waals surface area contributed by atoms with Gasteiger partial charge in [0.2, 0.25) is 0 Å². The zero-order chi connectivity index (χ0) is 14.9. The van der Waals surface area contributed by atoms with Crippen LogP contribution in [-0.2, 0) is 38.1 Å². The Hall–Kier alpha value is -1.67. The highest BCUT2D eigenvalue weighted by atomic mass is 16.8. The average Bonchev–Trinajstić information content (AvgIpc) is 2.74. The fraction of sp³-hybridized carbons (Fsp3) is 0.750. The molecule has 0 spiro atoms. The molecule has 2 aliphatic rings. The second-order valence-electron chi connectivity index (χ2n) is 4.60. The van der Waals surface area contributed by atoms with E-state index in [1.54, 1.807) is 0 Å². The number of fused-ring (bicyclic) bond motifs is 2. The van der Waals surface area contributed by atoms with E-state index in [0.29, 0.717) is 0 Å². The molecule has 0 aromatic carbocycles. The SMILES string of the molecule is CC(=O)O[C@H]1[C@@H](OC(C)=O)[C@@H]2OC[C@H](O2)[C@H]1OC(C)=O. The molecular formula is C12H16O8. The molecule has 5 atom stereocenters. The summed E-state index contributed by atoms with van der Waals surface area (Å²) in [5, 5.41) is 0. The molecule has 8 nitrogen and oxygen atoms in total. The molecule has 0 aromatic rings. The van der Waals surface area contributed by atoms with Gasteiger partial charge in [-0.1, -0.05) is 0 Å². The maximum Gasteiger partial charge on any atom is 0.303 e. The minimum Gasteiger partial charge on any atom is -0.456 e. The van der Waals surface area contributed by atoms with Crippen LogP contribution in [0.25, 0.3) is 0 Å². The summed E-state index contributed by atoms with van der Waals surface area (Å²) in [7, 11) is 0. The minimum atomic E-state index is -0.973. The first kappa shape index (κ1) is 14.7. The van der Waals surface area contributed by atoms with Gasteiger partial charge in [-0.05, 0) is 0 Å². The van der Waals surface area contributed by atoms with Crippen LogP contribution < -0.4 is 0 Å². The van der Waals surface area contributed by atoms with Gasteiger partial charge in [0.1, 0.15) is 6.10 Å². The van der Waals surface area contributed by atoms with Crippen molar-refractivity contribution in [2.24, 2.45) is 0 Å². The van der Waals surface area contributed by atoms with Gasteiger partial charge in [-0.3, -0.25) is 14.4 Å². The van der Waals surface area contributed by atoms with Gasteiger partial charge < -0.3 is 23.7 Å². The third-order valence-corrected chi connectivity index (χ3v) is 2.92. The first-order valence-corrected chi connectivity index (χ1v) is 6.17. The van der Waals surface area contributed by atoms with E-state index in [4.69, 9.17) is 23.7 Å². The van der Waals surface area contributed by atoms with Crippen molar-refractivity contribution in [1.29, 1.82) is 0 Å². The zero-order valence-electron chi connectivity index (χ0n) is 11.4. The first-order valence-electron chi connectivity index (χ1n) is 6.17. The van der Waals surface area contributed by atoms with E-state index in [9.17, 15) is 14.4 Å². The first-order chi connectivity index (χ1) is 9.38. The van der Waals surface area contributed by atoms with Gasteiger partial charge >= 0.3 is 17.9 Å². The van der Waals surface area contributed by atoms with Crippen LogP contribution in [0.1, 0.15) is 20.8 Å². The van der Waals surface area contributed by atoms with Gasteiger partial charge in [-0.15, -0.1) is 0 Å². The van der Waals surface area contributed by atoms with Crippen molar-refractivity contribution >= 4 is 17.9 Å². The molecule has 112 valence electrons. The Kier molecular flexibility index (Phi) is 4.24. The van der Waals surface area contributed by atoms with Crippen molar-refractivity contribution in [3.8, 4) is 0 Å². The molecule has 0 amide bonds. The van der Waals surface area contributed by atoms with Crippen LogP contribution in [0.3, 0.4) is 0 Å². The van der Waals surface area contributed by atoms with Crippen molar-refractivity contribution in [2.75, 3.05) is 6.61 Å². The Morgan fingerprint density at radius 3 is 1.90 bits per heavy atom. The Morgan fingerprint density at radius 2 is 1.35 bits per heavy atom. The quantitative estimate of drug-likeness (QED) is 0.508. The van der Waals surface area contributed by atoms with Crippen molar-refractivity contribution in [3.63, 3.8) is 0 Å². The molecule has 2 heterocycles. The summed E-state index contributed by atoms with van der Waals surface area (Å²) in [4.78, 5) is 33.6. The van der Waals surface area contributed by atoms with Gasteiger partial charge in [0, 0.05) is 20.8 Å². The summed E-state index contributed by atoms with van der Waals surface area (Å²) in [6.07, 6.45) is -4.19. The van der Waals surface area contributed by atoms with Crippen LogP contribution >= 0.6 is 0 Å². The standard InChI is InChI=1S/C12H16O8/c1-5(13)17-9-8-4-16-12(20-8)11(19-7(3)15)10(9)18-6(2)14/h8-12H,4H2,1-3H3/t8-,9+,10+,11+,12+/m0/s1. The maximum absolute atomic E-state index is 11.2. The zero-order valence-corrected chi connectivity index (χ0v) is 11.4. The number of esters is 3. The number of carbonyl (C=O) groups excluding carboxylic acids is 3. The summed E-state index contributed by atoms with van der Waals surface area (Å²) in [5.41, 5.74) is 0. The number of rotatable bonds is 3. The molecular weight excluding hydrogens is 272 g/mol. The Bertz CT molecular complexity index is 390. The molecule has 2 aliphatic heterocycles. The maximum atomic E-state index is 11.2. The molecule has 2 fully saturated rings. The lowest BCUT2D eigenvalue weighted by Gasteiger charge is -2.38. The Balaban J connectivity index is 2.24. The number of hydrogen-bond acceptors (Lipinski definition) is 8. The second kappa shape index (κ2) is 5.76. The highest BCUT2D eigenvalue weighted by molar-refractivity contribution is 5.68. The van der Waals surface area contributed by atoms with Crippen LogP contribution in [0.15, 0.2) is 0 Å². The lowest BCUT2D eigenvalue weighted by atomic mass is 10.00. The van der Waals surface area contributed by atoms with Crippen molar-refractivity contribution in [3.05, 3.63) is 0 Å². The predicted octanol–water partition coefficient (Wildman–Crippen LogP) is -0.463. The van der Waals surface area contributed by atoms with E-state index >= 15 is 0 Å². The van der Waals surface area contributed by atoms with Crippen LogP contribution in [0.4, 0.5) is 0 Å². The molecule has 0 radical (unpaired) electrons. The lowest BCUT2D eigenvalue weighted by Crippen LogP contribution is -2.58. The second-order valence-corrected chi connectivity index (χ2v) is 4.60. The Labute approximate surface area is 115 Å². The molecule has 0 aromatic heterocycles. The molecule has 2 rings (SSSR count). The van der Waals surface area contributed by atoms with Crippen LogP contribution in [0.5, 0.6) is 0 Å². The molecule has 0 N–H and O–H groups in total. The molecule has 0 unspecified atom stereocenters. The van der Waals surface area contributed by atoms with Gasteiger partial charge in [0.15, 0.2) is 24.6 Å². The summed E-state index contributed by atoms with van der Waals surface area (Å²) in [6, 6.07) is 0. The predicted molar refractivity (Wildman–Crippen MR) is 61.3 cm³/mol. The normalized spacial score (nSPS) is 35.2. The number of carbonyl (C=O) groups is 3. The van der Waals surface area contributed by atoms with Crippen LogP contribution in [0, 0.1) is 0 Å². The molecule has 2 bridgehead atoms. The lowest BCUT2D eigenvalue weighted by molar-refractivity contribution is -0.250. The fourth-order valence-electron chi connectivity index (χ4n) is 2.31. The van der Waals surface area contributed by atoms with E-state index in [1.165, 1.54) is 20.8 Å². The van der Waals surface area contributed by atoms with Crippen molar-refractivity contribution in [2.45, 2.75) is 51.5 Å². The number of ether oxygens (including phenoxy) is 5. The topological polar surface area (TPSA) is 97.4 Å². The van der Waals surface area contributed by atoms with Gasteiger partial charge in [0.25, 0.3) is 0 Å². The molecule has 0 aliphatic carbocycles. The molecule has 8 heteroatoms. The monoisotopic (exact) mass is 288 g/mol. The van der Waals surface area contributed by atoms with Crippen molar-refractivity contribution in [1.82, 2.24) is 0 Å². The summed E-state index contributed by atoms with van der Waals surface area (Å²) < 4.78 is 26.2. The van der Waals surface area contributed by atoms with Crippen LogP contribution in [0.2, 0.25) is 0 Å². The fourth-order valence-corrected chi connectivity index (χ4v) is 2.31. The third kappa shape index (κ3) is 3.07. The minimum absolute atomic E-state index is 0.165.